The molecule has 0 unspecified atom stereocenters. The maximum atomic E-state index is 12.0. The molecule has 2 aromatic carbocycles. The topological polar surface area (TPSA) is 66.5 Å². The van der Waals surface area contributed by atoms with Crippen LogP contribution in [-0.2, 0) is 0 Å². The first-order valence-electron chi connectivity index (χ1n) is 6.81. The second-order valence-corrected chi connectivity index (χ2v) is 4.72. The Hall–Kier alpha value is -3.08. The predicted molar refractivity (Wildman–Crippen MR) is 86.4 cm³/mol. The zero-order chi connectivity index (χ0) is 15.4. The monoisotopic (exact) mass is 293 g/mol. The molecule has 110 valence electrons. The SMILES string of the molecule is COc1ccc(C(=O)N/N=C\c2c[nH]c3ccccc23)cc1. The number of carbonyl (C=O) groups is 1. The van der Waals surface area contributed by atoms with Crippen LogP contribution in [0.2, 0.25) is 0 Å². The van der Waals surface area contributed by atoms with Gasteiger partial charge in [0, 0.05) is 28.2 Å². The fourth-order valence-corrected chi connectivity index (χ4v) is 2.17. The lowest BCUT2D eigenvalue weighted by molar-refractivity contribution is 0.0955. The van der Waals surface area contributed by atoms with Crippen LogP contribution in [0, 0.1) is 0 Å². The molecular weight excluding hydrogens is 278 g/mol. The van der Waals surface area contributed by atoms with Crippen molar-refractivity contribution in [3.05, 3.63) is 65.9 Å². The van der Waals surface area contributed by atoms with Gasteiger partial charge in [0.1, 0.15) is 5.75 Å². The molecular formula is C17H15N3O2. The third kappa shape index (κ3) is 2.83. The fraction of sp³-hybridized carbons (Fsp3) is 0.0588. The molecule has 0 bridgehead atoms. The van der Waals surface area contributed by atoms with Gasteiger partial charge in [0.05, 0.1) is 13.3 Å². The lowest BCUT2D eigenvalue weighted by Crippen LogP contribution is -2.17. The van der Waals surface area contributed by atoms with Crippen LogP contribution in [0.1, 0.15) is 15.9 Å². The normalized spacial score (nSPS) is 11.0. The molecule has 0 radical (unpaired) electrons. The number of aromatic amines is 1. The Kier molecular flexibility index (Phi) is 3.87. The molecule has 0 atom stereocenters. The van der Waals surface area contributed by atoms with Crippen molar-refractivity contribution in [1.29, 1.82) is 0 Å². The first-order valence-corrected chi connectivity index (χ1v) is 6.81. The van der Waals surface area contributed by atoms with Crippen molar-refractivity contribution in [2.45, 2.75) is 0 Å². The van der Waals surface area contributed by atoms with Gasteiger partial charge in [-0.1, -0.05) is 18.2 Å². The second-order valence-electron chi connectivity index (χ2n) is 4.72. The van der Waals surface area contributed by atoms with Crippen LogP contribution >= 0.6 is 0 Å². The molecule has 1 heterocycles. The number of carbonyl (C=O) groups excluding carboxylic acids is 1. The lowest BCUT2D eigenvalue weighted by atomic mass is 10.2. The van der Waals surface area contributed by atoms with Crippen LogP contribution in [0.15, 0.2) is 59.8 Å². The average molecular weight is 293 g/mol. The highest BCUT2D eigenvalue weighted by Gasteiger charge is 2.04. The number of nitrogens with one attached hydrogen (secondary N) is 2. The maximum Gasteiger partial charge on any atom is 0.271 e. The minimum absolute atomic E-state index is 0.265. The smallest absolute Gasteiger partial charge is 0.271 e. The summed E-state index contributed by atoms with van der Waals surface area (Å²) in [4.78, 5) is 15.1. The molecule has 0 aliphatic heterocycles. The van der Waals surface area contributed by atoms with Gasteiger partial charge in [0.25, 0.3) is 5.91 Å². The van der Waals surface area contributed by atoms with E-state index >= 15 is 0 Å². The molecule has 0 aliphatic rings. The maximum absolute atomic E-state index is 12.0. The first kappa shape index (κ1) is 13.9. The van der Waals surface area contributed by atoms with Crippen LogP contribution < -0.4 is 10.2 Å². The molecule has 1 amide bonds. The Balaban J connectivity index is 1.69. The lowest BCUT2D eigenvalue weighted by Gasteiger charge is -2.01. The molecule has 0 aliphatic carbocycles. The Morgan fingerprint density at radius 1 is 1.18 bits per heavy atom. The third-order valence-electron chi connectivity index (χ3n) is 3.34. The van der Waals surface area contributed by atoms with Crippen molar-refractivity contribution >= 4 is 23.0 Å². The summed E-state index contributed by atoms with van der Waals surface area (Å²) in [5.41, 5.74) is 4.99. The summed E-state index contributed by atoms with van der Waals surface area (Å²) in [6, 6.07) is 14.8. The van der Waals surface area contributed by atoms with E-state index in [2.05, 4.69) is 15.5 Å². The van der Waals surface area contributed by atoms with Gasteiger partial charge in [-0.15, -0.1) is 0 Å². The summed E-state index contributed by atoms with van der Waals surface area (Å²) in [7, 11) is 1.58. The molecule has 3 aromatic rings. The Labute approximate surface area is 127 Å². The van der Waals surface area contributed by atoms with E-state index in [9.17, 15) is 4.79 Å². The van der Waals surface area contributed by atoms with E-state index in [1.807, 2.05) is 30.5 Å². The van der Waals surface area contributed by atoms with Crippen molar-refractivity contribution < 1.29 is 9.53 Å². The third-order valence-corrected chi connectivity index (χ3v) is 3.34. The van der Waals surface area contributed by atoms with Gasteiger partial charge in [-0.3, -0.25) is 4.79 Å². The minimum atomic E-state index is -0.265. The zero-order valence-electron chi connectivity index (χ0n) is 12.0. The standard InChI is InChI=1S/C17H15N3O2/c1-22-14-8-6-12(7-9-14)17(21)20-19-11-13-10-18-16-5-3-2-4-15(13)16/h2-11,18H,1H3,(H,20,21)/b19-11-. The molecule has 1 aromatic heterocycles. The average Bonchev–Trinajstić information content (AvgIpc) is 2.98. The number of hydrogen-bond acceptors (Lipinski definition) is 3. The highest BCUT2D eigenvalue weighted by molar-refractivity contribution is 6.00. The predicted octanol–water partition coefficient (Wildman–Crippen LogP) is 2.94. The molecule has 0 saturated heterocycles. The number of ether oxygens (including phenoxy) is 1. The zero-order valence-corrected chi connectivity index (χ0v) is 12.0. The van der Waals surface area contributed by atoms with Gasteiger partial charge < -0.3 is 9.72 Å². The number of fused-ring (bicyclic) bond motifs is 1. The largest absolute Gasteiger partial charge is 0.497 e. The van der Waals surface area contributed by atoms with Gasteiger partial charge in [-0.05, 0) is 30.3 Å². The number of H-pyrrole nitrogens is 1. The summed E-state index contributed by atoms with van der Waals surface area (Å²) < 4.78 is 5.06. The number of nitrogens with zero attached hydrogens (tertiary/aromatic N) is 1. The number of hydrogen-bond donors (Lipinski definition) is 2. The van der Waals surface area contributed by atoms with E-state index in [0.29, 0.717) is 11.3 Å². The van der Waals surface area contributed by atoms with Crippen molar-refractivity contribution in [2.75, 3.05) is 7.11 Å². The Bertz CT molecular complexity index is 819. The highest BCUT2D eigenvalue weighted by atomic mass is 16.5. The molecule has 22 heavy (non-hydrogen) atoms. The minimum Gasteiger partial charge on any atom is -0.497 e. The van der Waals surface area contributed by atoms with E-state index in [0.717, 1.165) is 16.5 Å². The molecule has 0 spiro atoms. The second kappa shape index (κ2) is 6.13. The summed E-state index contributed by atoms with van der Waals surface area (Å²) in [6.07, 6.45) is 3.48. The molecule has 2 N–H and O–H groups in total. The van der Waals surface area contributed by atoms with E-state index in [-0.39, 0.29) is 5.91 Å². The molecule has 3 rings (SSSR count). The van der Waals surface area contributed by atoms with E-state index in [1.54, 1.807) is 37.6 Å². The van der Waals surface area contributed by atoms with Gasteiger partial charge in [-0.2, -0.15) is 5.10 Å². The quantitative estimate of drug-likeness (QED) is 0.573. The molecule has 5 heteroatoms. The number of methoxy groups -OCH3 is 1. The van der Waals surface area contributed by atoms with Crippen molar-refractivity contribution in [3.8, 4) is 5.75 Å². The van der Waals surface area contributed by atoms with E-state index in [4.69, 9.17) is 4.74 Å². The van der Waals surface area contributed by atoms with E-state index in [1.165, 1.54) is 0 Å². The summed E-state index contributed by atoms with van der Waals surface area (Å²) >= 11 is 0. The number of amides is 1. The number of benzene rings is 2. The first-order chi connectivity index (χ1) is 10.8. The number of hydrazone groups is 1. The van der Waals surface area contributed by atoms with Crippen LogP contribution in [0.5, 0.6) is 5.75 Å². The van der Waals surface area contributed by atoms with Gasteiger partial charge >= 0.3 is 0 Å². The number of rotatable bonds is 4. The number of para-hydroxylation sites is 1. The van der Waals surface area contributed by atoms with Gasteiger partial charge in [-0.25, -0.2) is 5.43 Å². The number of aromatic nitrogens is 1. The fourth-order valence-electron chi connectivity index (χ4n) is 2.17. The van der Waals surface area contributed by atoms with Gasteiger partial charge in [0.2, 0.25) is 0 Å². The molecule has 5 nitrogen and oxygen atoms in total. The van der Waals surface area contributed by atoms with Gasteiger partial charge in [0.15, 0.2) is 0 Å². The van der Waals surface area contributed by atoms with Crippen molar-refractivity contribution in [3.63, 3.8) is 0 Å². The van der Waals surface area contributed by atoms with Crippen LogP contribution in [-0.4, -0.2) is 24.2 Å². The van der Waals surface area contributed by atoms with Crippen molar-refractivity contribution in [1.82, 2.24) is 10.4 Å². The summed E-state index contributed by atoms with van der Waals surface area (Å²) in [5.74, 6) is 0.442. The highest BCUT2D eigenvalue weighted by Crippen LogP contribution is 2.15. The molecule has 0 fully saturated rings. The summed E-state index contributed by atoms with van der Waals surface area (Å²) in [5, 5.41) is 5.07. The van der Waals surface area contributed by atoms with Crippen molar-refractivity contribution in [2.24, 2.45) is 5.10 Å². The van der Waals surface area contributed by atoms with Crippen LogP contribution in [0.3, 0.4) is 0 Å². The Morgan fingerprint density at radius 3 is 2.73 bits per heavy atom. The molecule has 0 saturated carbocycles. The van der Waals surface area contributed by atoms with E-state index < -0.39 is 0 Å². The summed E-state index contributed by atoms with van der Waals surface area (Å²) in [6.45, 7) is 0. The Morgan fingerprint density at radius 2 is 1.95 bits per heavy atom. The van der Waals surface area contributed by atoms with Crippen LogP contribution in [0.25, 0.3) is 10.9 Å². The van der Waals surface area contributed by atoms with Crippen LogP contribution in [0.4, 0.5) is 0 Å².